The van der Waals surface area contributed by atoms with Crippen LogP contribution in [0.4, 0.5) is 11.4 Å². The van der Waals surface area contributed by atoms with Crippen molar-refractivity contribution in [2.45, 2.75) is 0 Å². The lowest BCUT2D eigenvalue weighted by molar-refractivity contribution is -0.445. The van der Waals surface area contributed by atoms with E-state index in [0.29, 0.717) is 17.9 Å². The number of nitro groups is 1. The molecule has 0 aromatic heterocycles. The average Bonchev–Trinajstić information content (AvgIpc) is 2.16. The van der Waals surface area contributed by atoms with Gasteiger partial charge in [0.15, 0.2) is 5.03 Å². The maximum absolute atomic E-state index is 10.2. The fraction of sp³-hybridized carbons (Fsp3) is 0.250. The van der Waals surface area contributed by atoms with Gasteiger partial charge in [0.25, 0.3) is 0 Å². The summed E-state index contributed by atoms with van der Waals surface area (Å²) in [6.07, 6.45) is 0. The molecule has 0 fully saturated rings. The van der Waals surface area contributed by atoms with Crippen LogP contribution < -0.4 is 10.7 Å². The van der Waals surface area contributed by atoms with Crippen molar-refractivity contribution in [2.75, 3.05) is 23.9 Å². The molecular formula is C8H11N3O3. The normalized spacial score (nSPS) is 9.50. The molecule has 0 radical (unpaired) electrons. The lowest BCUT2D eigenvalue weighted by Gasteiger charge is -2.07. The summed E-state index contributed by atoms with van der Waals surface area (Å²) in [4.78, 5) is 10.2. The first-order chi connectivity index (χ1) is 6.74. The summed E-state index contributed by atoms with van der Waals surface area (Å²) >= 11 is 0. The Balaban J connectivity index is 2.74. The number of nitrogens with one attached hydrogen (secondary N) is 2. The second-order valence-electron chi connectivity index (χ2n) is 2.56. The molecule has 1 aromatic rings. The van der Waals surface area contributed by atoms with Gasteiger partial charge in [0.1, 0.15) is 5.69 Å². The maximum Gasteiger partial charge on any atom is 0.162 e. The number of rotatable bonds is 5. The van der Waals surface area contributed by atoms with Gasteiger partial charge in [0.05, 0.1) is 12.3 Å². The van der Waals surface area contributed by atoms with Crippen LogP contribution in [-0.4, -0.2) is 23.3 Å². The molecule has 14 heavy (non-hydrogen) atoms. The van der Waals surface area contributed by atoms with Gasteiger partial charge in [-0.25, -0.2) is 10.1 Å². The van der Waals surface area contributed by atoms with Gasteiger partial charge in [-0.3, -0.25) is 0 Å². The van der Waals surface area contributed by atoms with Crippen LogP contribution in [0.1, 0.15) is 0 Å². The molecule has 6 heteroatoms. The largest absolute Gasteiger partial charge is 0.395 e. The van der Waals surface area contributed by atoms with Crippen molar-refractivity contribution in [3.05, 3.63) is 34.4 Å². The predicted octanol–water partition coefficient (Wildman–Crippen LogP) is 0.694. The monoisotopic (exact) mass is 197 g/mol. The summed E-state index contributed by atoms with van der Waals surface area (Å²) in [5, 5.41) is 21.0. The van der Waals surface area contributed by atoms with Crippen LogP contribution in [0.3, 0.4) is 0 Å². The molecule has 0 aliphatic heterocycles. The highest BCUT2D eigenvalue weighted by Gasteiger charge is 2.04. The van der Waals surface area contributed by atoms with Crippen LogP contribution in [0.25, 0.3) is 0 Å². The number of nitrogens with zero attached hydrogens (tertiary/aromatic N) is 1. The van der Waals surface area contributed by atoms with E-state index in [9.17, 15) is 10.1 Å². The molecule has 76 valence electrons. The molecule has 1 aromatic carbocycles. The number of para-hydroxylation sites is 2. The van der Waals surface area contributed by atoms with E-state index in [4.69, 9.17) is 5.11 Å². The van der Waals surface area contributed by atoms with Crippen molar-refractivity contribution < 1.29 is 10.1 Å². The molecule has 3 N–H and O–H groups in total. The van der Waals surface area contributed by atoms with Crippen molar-refractivity contribution in [1.82, 2.24) is 0 Å². The van der Waals surface area contributed by atoms with Crippen molar-refractivity contribution >= 4 is 11.4 Å². The third-order valence-electron chi connectivity index (χ3n) is 1.57. The first-order valence-electron chi connectivity index (χ1n) is 4.09. The molecular weight excluding hydrogens is 186 g/mol. The lowest BCUT2D eigenvalue weighted by atomic mass is 10.2. The summed E-state index contributed by atoms with van der Waals surface area (Å²) in [7, 11) is 0. The molecule has 0 aliphatic carbocycles. The van der Waals surface area contributed by atoms with Crippen LogP contribution in [-0.2, 0) is 0 Å². The minimum Gasteiger partial charge on any atom is -0.395 e. The lowest BCUT2D eigenvalue weighted by Crippen LogP contribution is -2.12. The molecule has 0 aliphatic rings. The number of hydrazine groups is 1. The van der Waals surface area contributed by atoms with Gasteiger partial charge in [0, 0.05) is 6.54 Å². The number of hydrogen-bond donors (Lipinski definition) is 3. The topological polar surface area (TPSA) is 87.4 Å². The minimum atomic E-state index is -0.626. The second kappa shape index (κ2) is 5.03. The molecule has 0 unspecified atom stereocenters. The highest BCUT2D eigenvalue weighted by molar-refractivity contribution is 5.67. The van der Waals surface area contributed by atoms with Crippen LogP contribution in [0.2, 0.25) is 0 Å². The summed E-state index contributed by atoms with van der Waals surface area (Å²) in [5.41, 5.74) is 3.04. The second-order valence-corrected chi connectivity index (χ2v) is 2.56. The first-order valence-corrected chi connectivity index (χ1v) is 4.09. The molecule has 0 amide bonds. The van der Waals surface area contributed by atoms with E-state index in [0.717, 1.165) is 0 Å². The van der Waals surface area contributed by atoms with E-state index in [1.807, 2.05) is 0 Å². The van der Waals surface area contributed by atoms with E-state index in [1.165, 1.54) is 0 Å². The summed E-state index contributed by atoms with van der Waals surface area (Å²) < 4.78 is 0. The number of anilines is 2. The van der Waals surface area contributed by atoms with E-state index in [2.05, 4.69) is 10.7 Å². The zero-order valence-electron chi connectivity index (χ0n) is 7.43. The molecule has 1 rings (SSSR count). The summed E-state index contributed by atoms with van der Waals surface area (Å²) in [6.45, 7) is 0.337. The number of aliphatic hydroxyl groups is 1. The van der Waals surface area contributed by atoms with Crippen molar-refractivity contribution in [3.8, 4) is 0 Å². The maximum atomic E-state index is 10.2. The van der Waals surface area contributed by atoms with E-state index < -0.39 is 5.03 Å². The molecule has 0 bridgehead atoms. The number of hydrogen-bond acceptors (Lipinski definition) is 4. The van der Waals surface area contributed by atoms with Gasteiger partial charge in [-0.1, -0.05) is 12.1 Å². The molecule has 0 saturated heterocycles. The molecule has 0 heterocycles. The highest BCUT2D eigenvalue weighted by atomic mass is 16.7. The number of benzene rings is 1. The molecule has 0 atom stereocenters. The Morgan fingerprint density at radius 2 is 2.00 bits per heavy atom. The van der Waals surface area contributed by atoms with Crippen molar-refractivity contribution in [2.24, 2.45) is 0 Å². The fourth-order valence-electron chi connectivity index (χ4n) is 1.02. The van der Waals surface area contributed by atoms with Crippen LogP contribution in [0, 0.1) is 10.1 Å². The Morgan fingerprint density at radius 1 is 1.36 bits per heavy atom. The van der Waals surface area contributed by atoms with Crippen LogP contribution >= 0.6 is 0 Å². The SMILES string of the molecule is O=[N+]([O-])Nc1ccccc1NCCO. The van der Waals surface area contributed by atoms with Gasteiger partial charge in [-0.05, 0) is 12.1 Å². The Morgan fingerprint density at radius 3 is 2.57 bits per heavy atom. The first kappa shape index (κ1) is 10.3. The quantitative estimate of drug-likeness (QED) is 0.477. The molecule has 0 saturated carbocycles. The van der Waals surface area contributed by atoms with E-state index in [-0.39, 0.29) is 6.61 Å². The Bertz CT molecular complexity index is 316. The zero-order valence-corrected chi connectivity index (χ0v) is 7.43. The predicted molar refractivity (Wildman–Crippen MR) is 52.6 cm³/mol. The highest BCUT2D eigenvalue weighted by Crippen LogP contribution is 2.19. The average molecular weight is 197 g/mol. The van der Waals surface area contributed by atoms with Gasteiger partial charge < -0.3 is 10.4 Å². The van der Waals surface area contributed by atoms with E-state index >= 15 is 0 Å². The third-order valence-corrected chi connectivity index (χ3v) is 1.57. The Kier molecular flexibility index (Phi) is 3.69. The van der Waals surface area contributed by atoms with Gasteiger partial charge in [-0.15, -0.1) is 5.43 Å². The smallest absolute Gasteiger partial charge is 0.162 e. The van der Waals surface area contributed by atoms with Crippen LogP contribution in [0.5, 0.6) is 0 Å². The van der Waals surface area contributed by atoms with Crippen molar-refractivity contribution in [1.29, 1.82) is 0 Å². The number of aliphatic hydroxyl groups excluding tert-OH is 1. The standard InChI is InChI=1S/C8H11N3O3/c12-6-5-9-7-3-1-2-4-8(7)10-11(13)14/h1-4,9-10,12H,5-6H2. The zero-order chi connectivity index (χ0) is 10.4. The molecule has 0 spiro atoms. The summed E-state index contributed by atoms with van der Waals surface area (Å²) in [6, 6.07) is 6.73. The Labute approximate surface area is 80.7 Å². The summed E-state index contributed by atoms with van der Waals surface area (Å²) in [5.74, 6) is 0. The van der Waals surface area contributed by atoms with Gasteiger partial charge in [0.2, 0.25) is 0 Å². The van der Waals surface area contributed by atoms with Gasteiger partial charge >= 0.3 is 0 Å². The van der Waals surface area contributed by atoms with Gasteiger partial charge in [-0.2, -0.15) is 0 Å². The fourth-order valence-corrected chi connectivity index (χ4v) is 1.02. The minimum absolute atomic E-state index is 0.0210. The Hall–Kier alpha value is -1.82. The van der Waals surface area contributed by atoms with Crippen molar-refractivity contribution in [3.63, 3.8) is 0 Å². The third kappa shape index (κ3) is 2.91. The van der Waals surface area contributed by atoms with E-state index in [1.54, 1.807) is 24.3 Å². The van der Waals surface area contributed by atoms with Crippen LogP contribution in [0.15, 0.2) is 24.3 Å². The molecule has 6 nitrogen and oxygen atoms in total.